The quantitative estimate of drug-likeness (QED) is 0.431. The lowest BCUT2D eigenvalue weighted by Gasteiger charge is -2.12. The minimum atomic E-state index is -0.567. The van der Waals surface area contributed by atoms with Crippen molar-refractivity contribution < 1.29 is 9.72 Å². The Kier molecular flexibility index (Phi) is 5.92. The van der Waals surface area contributed by atoms with Gasteiger partial charge in [0.15, 0.2) is 0 Å². The summed E-state index contributed by atoms with van der Waals surface area (Å²) >= 11 is 3.38. The number of aryl methyl sites for hydroxylation is 1. The highest BCUT2D eigenvalue weighted by Crippen LogP contribution is 2.35. The Morgan fingerprint density at radius 2 is 1.93 bits per heavy atom. The Morgan fingerprint density at radius 1 is 1.23 bits per heavy atom. The number of non-ortho nitro benzene ring substituents is 1. The van der Waals surface area contributed by atoms with Crippen molar-refractivity contribution >= 4 is 38.4 Å². The summed E-state index contributed by atoms with van der Waals surface area (Å²) in [6.45, 7) is 1.96. The summed E-state index contributed by atoms with van der Waals surface area (Å²) in [7, 11) is 2.87. The number of benzene rings is 1. The van der Waals surface area contributed by atoms with Crippen LogP contribution in [-0.2, 0) is 18.9 Å². The van der Waals surface area contributed by atoms with Gasteiger partial charge in [0.05, 0.1) is 27.7 Å². The van der Waals surface area contributed by atoms with Crippen molar-refractivity contribution in [2.24, 2.45) is 14.1 Å². The number of nitrogens with one attached hydrogen (secondary N) is 1. The topological polar surface area (TPSA) is 121 Å². The van der Waals surface area contributed by atoms with Crippen molar-refractivity contribution in [1.29, 1.82) is 0 Å². The molecule has 0 bridgehead atoms. The predicted molar refractivity (Wildman–Crippen MR) is 116 cm³/mol. The van der Waals surface area contributed by atoms with Gasteiger partial charge >= 0.3 is 5.69 Å². The highest BCUT2D eigenvalue weighted by atomic mass is 79.9. The maximum absolute atomic E-state index is 13.0. The van der Waals surface area contributed by atoms with Crippen LogP contribution in [0.25, 0.3) is 22.2 Å². The second-order valence-corrected chi connectivity index (χ2v) is 7.73. The molecule has 0 atom stereocenters. The molecule has 0 aliphatic carbocycles. The van der Waals surface area contributed by atoms with Crippen molar-refractivity contribution in [3.63, 3.8) is 0 Å². The maximum atomic E-state index is 13.0. The van der Waals surface area contributed by atoms with Gasteiger partial charge in [-0.3, -0.25) is 38.9 Å². The van der Waals surface area contributed by atoms with Crippen LogP contribution in [0.5, 0.6) is 0 Å². The van der Waals surface area contributed by atoms with Crippen molar-refractivity contribution in [2.45, 2.75) is 26.2 Å². The molecule has 0 radical (unpaired) electrons. The van der Waals surface area contributed by atoms with Gasteiger partial charge in [0.25, 0.3) is 11.2 Å². The molecular weight excluding hydrogens is 458 g/mol. The number of fused-ring (bicyclic) bond motifs is 1. The molecule has 0 saturated carbocycles. The van der Waals surface area contributed by atoms with Gasteiger partial charge in [0.2, 0.25) is 5.91 Å². The molecule has 3 rings (SSSR count). The van der Waals surface area contributed by atoms with Gasteiger partial charge in [-0.2, -0.15) is 0 Å². The molecule has 10 nitrogen and oxygen atoms in total. The number of aromatic nitrogens is 3. The van der Waals surface area contributed by atoms with Crippen molar-refractivity contribution in [2.75, 3.05) is 5.43 Å². The molecule has 2 heterocycles. The standard InChI is InChI=1S/C19H20BrN5O5/c1-4-5-6-15(26)21-24-10-14-16(18(27)23(3)19(28)22(14)2)17(24)12-9-11(25(29)30)7-8-13(12)20/h7-10H,4-6H2,1-3H3,(H,21,26). The summed E-state index contributed by atoms with van der Waals surface area (Å²) in [6, 6.07) is 4.15. The van der Waals surface area contributed by atoms with E-state index in [1.165, 1.54) is 47.7 Å². The average Bonchev–Trinajstić information content (AvgIpc) is 3.08. The molecule has 1 aromatic carbocycles. The molecule has 0 aliphatic rings. The van der Waals surface area contributed by atoms with E-state index in [0.29, 0.717) is 22.0 Å². The molecular formula is C19H20BrN5O5. The molecule has 11 heteroatoms. The van der Waals surface area contributed by atoms with Crippen LogP contribution in [0.2, 0.25) is 0 Å². The second kappa shape index (κ2) is 8.27. The number of hydrogen-bond donors (Lipinski definition) is 1. The van der Waals surface area contributed by atoms with Gasteiger partial charge < -0.3 is 0 Å². The van der Waals surface area contributed by atoms with Crippen LogP contribution in [0.15, 0.2) is 38.5 Å². The van der Waals surface area contributed by atoms with Gasteiger partial charge in [-0.1, -0.05) is 29.3 Å². The lowest BCUT2D eigenvalue weighted by molar-refractivity contribution is -0.384. The Hall–Kier alpha value is -3.21. The van der Waals surface area contributed by atoms with Crippen LogP contribution < -0.4 is 16.7 Å². The van der Waals surface area contributed by atoms with E-state index in [0.717, 1.165) is 11.0 Å². The molecule has 0 fully saturated rings. The summed E-state index contributed by atoms with van der Waals surface area (Å²) < 4.78 is 4.10. The van der Waals surface area contributed by atoms with E-state index in [4.69, 9.17) is 0 Å². The van der Waals surface area contributed by atoms with Crippen LogP contribution in [0, 0.1) is 10.1 Å². The third kappa shape index (κ3) is 3.67. The third-order valence-electron chi connectivity index (χ3n) is 4.86. The molecule has 30 heavy (non-hydrogen) atoms. The van der Waals surface area contributed by atoms with E-state index in [-0.39, 0.29) is 29.1 Å². The molecule has 0 aliphatic heterocycles. The van der Waals surface area contributed by atoms with Gasteiger partial charge in [0.1, 0.15) is 0 Å². The normalized spacial score (nSPS) is 11.1. The fourth-order valence-corrected chi connectivity index (χ4v) is 3.66. The van der Waals surface area contributed by atoms with Crippen LogP contribution in [-0.4, -0.2) is 24.6 Å². The average molecular weight is 478 g/mol. The van der Waals surface area contributed by atoms with E-state index in [1.54, 1.807) is 0 Å². The number of carbonyl (C=O) groups excluding carboxylic acids is 1. The van der Waals surface area contributed by atoms with E-state index in [9.17, 15) is 24.5 Å². The fourth-order valence-electron chi connectivity index (χ4n) is 3.23. The smallest absolute Gasteiger partial charge is 0.295 e. The van der Waals surface area contributed by atoms with E-state index in [2.05, 4.69) is 21.4 Å². The Labute approximate surface area is 179 Å². The highest BCUT2D eigenvalue weighted by molar-refractivity contribution is 9.10. The minimum absolute atomic E-state index is 0.164. The van der Waals surface area contributed by atoms with Crippen molar-refractivity contribution in [3.05, 3.63) is 59.8 Å². The molecule has 3 aromatic rings. The Bertz CT molecular complexity index is 1290. The third-order valence-corrected chi connectivity index (χ3v) is 5.55. The van der Waals surface area contributed by atoms with Gasteiger partial charge in [0, 0.05) is 42.7 Å². The highest BCUT2D eigenvalue weighted by Gasteiger charge is 2.23. The van der Waals surface area contributed by atoms with E-state index in [1.807, 2.05) is 6.92 Å². The summed E-state index contributed by atoms with van der Waals surface area (Å²) in [5.74, 6) is -0.276. The van der Waals surface area contributed by atoms with Crippen LogP contribution in [0.3, 0.4) is 0 Å². The first-order chi connectivity index (χ1) is 14.2. The summed E-state index contributed by atoms with van der Waals surface area (Å²) in [4.78, 5) is 48.5. The van der Waals surface area contributed by atoms with Gasteiger partial charge in [-0.05, 0) is 12.5 Å². The van der Waals surface area contributed by atoms with Crippen LogP contribution in [0.1, 0.15) is 26.2 Å². The largest absolute Gasteiger partial charge is 0.330 e. The molecule has 2 aromatic heterocycles. The molecule has 158 valence electrons. The van der Waals surface area contributed by atoms with Crippen LogP contribution in [0.4, 0.5) is 5.69 Å². The zero-order valence-electron chi connectivity index (χ0n) is 16.6. The molecule has 0 saturated heterocycles. The lowest BCUT2D eigenvalue weighted by Crippen LogP contribution is -2.36. The first-order valence-corrected chi connectivity index (χ1v) is 10.0. The number of hydrogen-bond acceptors (Lipinski definition) is 5. The Balaban J connectivity index is 2.38. The fraction of sp³-hybridized carbons (Fsp3) is 0.316. The van der Waals surface area contributed by atoms with Crippen LogP contribution >= 0.6 is 15.9 Å². The monoisotopic (exact) mass is 477 g/mol. The van der Waals surface area contributed by atoms with Gasteiger partial charge in [-0.25, -0.2) is 4.79 Å². The number of unbranched alkanes of at least 4 members (excludes halogenated alkanes) is 1. The molecule has 0 unspecified atom stereocenters. The molecule has 0 spiro atoms. The van der Waals surface area contributed by atoms with E-state index >= 15 is 0 Å². The first kappa shape index (κ1) is 21.5. The number of halogens is 1. The number of carbonyl (C=O) groups is 1. The lowest BCUT2D eigenvalue weighted by atomic mass is 10.1. The second-order valence-electron chi connectivity index (χ2n) is 6.87. The SMILES string of the molecule is CCCCC(=O)Nn1cc2c(c1-c1cc([N+](=O)[O-])ccc1Br)c(=O)n(C)c(=O)n2C. The number of nitrogens with zero attached hydrogens (tertiary/aromatic N) is 4. The predicted octanol–water partition coefficient (Wildman–Crippen LogP) is 2.64. The van der Waals surface area contributed by atoms with E-state index < -0.39 is 16.2 Å². The summed E-state index contributed by atoms with van der Waals surface area (Å²) in [5.41, 5.74) is 2.35. The number of nitro groups is 1. The number of rotatable bonds is 6. The minimum Gasteiger partial charge on any atom is -0.295 e. The summed E-state index contributed by atoms with van der Waals surface area (Å²) in [5, 5.41) is 11.5. The zero-order valence-corrected chi connectivity index (χ0v) is 18.2. The number of amides is 1. The van der Waals surface area contributed by atoms with Crippen molar-refractivity contribution in [3.8, 4) is 11.3 Å². The maximum Gasteiger partial charge on any atom is 0.330 e. The molecule has 1 amide bonds. The molecule has 1 N–H and O–H groups in total. The Morgan fingerprint density at radius 3 is 2.57 bits per heavy atom. The van der Waals surface area contributed by atoms with Gasteiger partial charge in [-0.15, -0.1) is 0 Å². The zero-order chi connectivity index (χ0) is 22.2. The number of nitro benzene ring substituents is 1. The first-order valence-electron chi connectivity index (χ1n) is 9.22. The summed E-state index contributed by atoms with van der Waals surface area (Å²) in [6.07, 6.45) is 3.27. The van der Waals surface area contributed by atoms with Crippen molar-refractivity contribution in [1.82, 2.24) is 13.8 Å².